The fourth-order valence-corrected chi connectivity index (χ4v) is 2.72. The van der Waals surface area contributed by atoms with Gasteiger partial charge in [0.25, 0.3) is 0 Å². The van der Waals surface area contributed by atoms with E-state index in [1.54, 1.807) is 6.92 Å². The summed E-state index contributed by atoms with van der Waals surface area (Å²) in [5, 5.41) is 2.85. The Hall–Kier alpha value is -0.660. The second-order valence-electron chi connectivity index (χ2n) is 4.61. The summed E-state index contributed by atoms with van der Waals surface area (Å²) < 4.78 is 24.2. The summed E-state index contributed by atoms with van der Waals surface area (Å²) in [6.45, 7) is 2.96. The number of nitrogens with two attached hydrogens (primary N) is 1. The average molecular weight is 263 g/mol. The van der Waals surface area contributed by atoms with Gasteiger partial charge in [0.1, 0.15) is 0 Å². The van der Waals surface area contributed by atoms with Gasteiger partial charge in [-0.2, -0.15) is 0 Å². The minimum atomic E-state index is -3.16. The van der Waals surface area contributed by atoms with Crippen molar-refractivity contribution in [3.8, 4) is 0 Å². The van der Waals surface area contributed by atoms with E-state index < -0.39 is 10.0 Å². The second kappa shape index (κ2) is 5.79. The van der Waals surface area contributed by atoms with E-state index in [1.165, 1.54) is 10.6 Å². The van der Waals surface area contributed by atoms with E-state index in [0.29, 0.717) is 19.6 Å². The highest BCUT2D eigenvalue weighted by Gasteiger charge is 2.27. The minimum Gasteiger partial charge on any atom is -0.352 e. The smallest absolute Gasteiger partial charge is 0.224 e. The van der Waals surface area contributed by atoms with E-state index in [9.17, 15) is 13.2 Å². The summed E-state index contributed by atoms with van der Waals surface area (Å²) >= 11 is 0. The van der Waals surface area contributed by atoms with Gasteiger partial charge in [0.15, 0.2) is 0 Å². The number of carbonyl (C=O) groups is 1. The van der Waals surface area contributed by atoms with E-state index in [1.807, 2.05) is 0 Å². The van der Waals surface area contributed by atoms with Gasteiger partial charge in [-0.15, -0.1) is 0 Å². The number of nitrogens with one attached hydrogen (secondary N) is 1. The highest BCUT2D eigenvalue weighted by molar-refractivity contribution is 7.88. The van der Waals surface area contributed by atoms with Crippen LogP contribution in [-0.4, -0.2) is 50.6 Å². The maximum atomic E-state index is 11.6. The van der Waals surface area contributed by atoms with Crippen LogP contribution in [0.4, 0.5) is 0 Å². The van der Waals surface area contributed by atoms with Crippen LogP contribution in [0.25, 0.3) is 0 Å². The third kappa shape index (κ3) is 4.25. The zero-order valence-corrected chi connectivity index (χ0v) is 11.2. The van der Waals surface area contributed by atoms with Gasteiger partial charge in [-0.3, -0.25) is 4.79 Å². The monoisotopic (exact) mass is 263 g/mol. The number of hydrogen-bond acceptors (Lipinski definition) is 4. The van der Waals surface area contributed by atoms with Crippen molar-refractivity contribution in [3.63, 3.8) is 0 Å². The molecule has 2 atom stereocenters. The molecule has 3 N–H and O–H groups in total. The molecule has 0 radical (unpaired) electrons. The Morgan fingerprint density at radius 3 is 2.76 bits per heavy atom. The summed E-state index contributed by atoms with van der Waals surface area (Å²) in [4.78, 5) is 11.6. The van der Waals surface area contributed by atoms with Crippen molar-refractivity contribution in [1.29, 1.82) is 0 Å². The molecule has 0 aromatic rings. The molecule has 0 spiro atoms. The maximum Gasteiger partial charge on any atom is 0.224 e. The molecule has 6 nitrogen and oxygen atoms in total. The molecule has 0 aliphatic carbocycles. The number of hydrogen-bond donors (Lipinski definition) is 2. The van der Waals surface area contributed by atoms with Crippen molar-refractivity contribution >= 4 is 15.9 Å². The summed E-state index contributed by atoms with van der Waals surface area (Å²) in [5.41, 5.74) is 5.41. The molecule has 1 aliphatic rings. The molecule has 1 heterocycles. The van der Waals surface area contributed by atoms with Gasteiger partial charge in [0.05, 0.1) is 6.26 Å². The summed E-state index contributed by atoms with van der Waals surface area (Å²) in [5.74, 6) is -0.337. The molecule has 1 amide bonds. The van der Waals surface area contributed by atoms with Crippen LogP contribution in [0.3, 0.4) is 0 Å². The second-order valence-corrected chi connectivity index (χ2v) is 6.59. The van der Waals surface area contributed by atoms with Crippen molar-refractivity contribution in [2.75, 3.05) is 25.9 Å². The van der Waals surface area contributed by atoms with Crippen molar-refractivity contribution in [3.05, 3.63) is 0 Å². The molecule has 1 saturated heterocycles. The van der Waals surface area contributed by atoms with Crippen molar-refractivity contribution in [1.82, 2.24) is 9.62 Å². The summed E-state index contributed by atoms with van der Waals surface area (Å²) in [7, 11) is -3.16. The molecule has 1 fully saturated rings. The third-order valence-corrected chi connectivity index (χ3v) is 4.27. The van der Waals surface area contributed by atoms with E-state index in [0.717, 1.165) is 12.8 Å². The van der Waals surface area contributed by atoms with Gasteiger partial charge < -0.3 is 11.1 Å². The van der Waals surface area contributed by atoms with Crippen LogP contribution in [-0.2, 0) is 14.8 Å². The Balaban J connectivity index is 2.53. The predicted molar refractivity (Wildman–Crippen MR) is 65.8 cm³/mol. The first-order valence-corrected chi connectivity index (χ1v) is 7.65. The van der Waals surface area contributed by atoms with E-state index in [-0.39, 0.29) is 17.9 Å². The maximum absolute atomic E-state index is 11.6. The quantitative estimate of drug-likeness (QED) is 0.689. The van der Waals surface area contributed by atoms with Gasteiger partial charge in [0.2, 0.25) is 15.9 Å². The average Bonchev–Trinajstić information content (AvgIpc) is 2.27. The molecule has 0 saturated carbocycles. The molecule has 2 unspecified atom stereocenters. The Morgan fingerprint density at radius 2 is 2.24 bits per heavy atom. The lowest BCUT2D eigenvalue weighted by Gasteiger charge is -2.31. The van der Waals surface area contributed by atoms with Crippen molar-refractivity contribution < 1.29 is 13.2 Å². The Labute approximate surface area is 103 Å². The third-order valence-electron chi connectivity index (χ3n) is 3.00. The molecule has 1 aliphatic heterocycles. The van der Waals surface area contributed by atoms with Crippen LogP contribution in [0.15, 0.2) is 0 Å². The number of piperidine rings is 1. The highest BCUT2D eigenvalue weighted by Crippen LogP contribution is 2.13. The largest absolute Gasteiger partial charge is 0.352 e. The molecular formula is C10H21N3O3S. The Morgan fingerprint density at radius 1 is 1.59 bits per heavy atom. The van der Waals surface area contributed by atoms with Crippen LogP contribution in [0.1, 0.15) is 19.8 Å². The van der Waals surface area contributed by atoms with Gasteiger partial charge >= 0.3 is 0 Å². The molecule has 17 heavy (non-hydrogen) atoms. The lowest BCUT2D eigenvalue weighted by Crippen LogP contribution is -2.50. The predicted octanol–water partition coefficient (Wildman–Crippen LogP) is -0.879. The van der Waals surface area contributed by atoms with Crippen LogP contribution in [0.5, 0.6) is 0 Å². The van der Waals surface area contributed by atoms with E-state index >= 15 is 0 Å². The molecule has 0 aromatic heterocycles. The number of amides is 1. The number of rotatable bonds is 4. The SMILES string of the molecule is CC(CN)C(=O)NC1CCCN(S(C)(=O)=O)C1. The molecule has 0 aromatic carbocycles. The fourth-order valence-electron chi connectivity index (χ4n) is 1.81. The number of carbonyl (C=O) groups excluding carboxylic acids is 1. The Bertz CT molecular complexity index is 369. The van der Waals surface area contributed by atoms with Gasteiger partial charge in [0, 0.05) is 31.6 Å². The molecule has 0 bridgehead atoms. The van der Waals surface area contributed by atoms with E-state index in [2.05, 4.69) is 5.32 Å². The van der Waals surface area contributed by atoms with Gasteiger partial charge in [-0.25, -0.2) is 12.7 Å². The normalized spacial score (nSPS) is 24.3. The summed E-state index contributed by atoms with van der Waals surface area (Å²) in [6.07, 6.45) is 2.78. The first kappa shape index (κ1) is 14.4. The van der Waals surface area contributed by atoms with Gasteiger partial charge in [-0.05, 0) is 12.8 Å². The fraction of sp³-hybridized carbons (Fsp3) is 0.900. The van der Waals surface area contributed by atoms with Crippen LogP contribution >= 0.6 is 0 Å². The van der Waals surface area contributed by atoms with Crippen molar-refractivity contribution in [2.45, 2.75) is 25.8 Å². The first-order chi connectivity index (χ1) is 7.84. The highest BCUT2D eigenvalue weighted by atomic mass is 32.2. The zero-order chi connectivity index (χ0) is 13.1. The van der Waals surface area contributed by atoms with E-state index in [4.69, 9.17) is 5.73 Å². The summed E-state index contributed by atoms with van der Waals surface area (Å²) in [6, 6.07) is -0.0972. The minimum absolute atomic E-state index is 0.0972. The van der Waals surface area contributed by atoms with Crippen LogP contribution < -0.4 is 11.1 Å². The van der Waals surface area contributed by atoms with Crippen molar-refractivity contribution in [2.24, 2.45) is 11.7 Å². The zero-order valence-electron chi connectivity index (χ0n) is 10.3. The topological polar surface area (TPSA) is 92.5 Å². The molecular weight excluding hydrogens is 242 g/mol. The number of sulfonamides is 1. The standard InChI is InChI=1S/C10H21N3O3S/c1-8(6-11)10(14)12-9-4-3-5-13(7-9)17(2,15)16/h8-9H,3-7,11H2,1-2H3,(H,12,14). The first-order valence-electron chi connectivity index (χ1n) is 5.80. The lowest BCUT2D eigenvalue weighted by molar-refractivity contribution is -0.125. The molecule has 7 heteroatoms. The molecule has 1 rings (SSSR count). The molecule has 100 valence electrons. The van der Waals surface area contributed by atoms with Crippen LogP contribution in [0.2, 0.25) is 0 Å². The number of nitrogens with zero attached hydrogens (tertiary/aromatic N) is 1. The Kier molecular flexibility index (Phi) is 4.91. The van der Waals surface area contributed by atoms with Gasteiger partial charge in [-0.1, -0.05) is 6.92 Å². The lowest BCUT2D eigenvalue weighted by atomic mass is 10.1. The van der Waals surface area contributed by atoms with Crippen LogP contribution in [0, 0.1) is 5.92 Å².